The Morgan fingerprint density at radius 2 is 1.90 bits per heavy atom. The van der Waals surface area contributed by atoms with Crippen LogP contribution in [0.25, 0.3) is 0 Å². The van der Waals surface area contributed by atoms with Crippen LogP contribution in [0.15, 0.2) is 0 Å². The van der Waals surface area contributed by atoms with E-state index in [-0.39, 0.29) is 30.2 Å². The fourth-order valence-electron chi connectivity index (χ4n) is 5.18. The number of carbonyl (C=O) groups is 1. The molecule has 2 saturated heterocycles. The number of aliphatic hydroxyl groups is 1. The van der Waals surface area contributed by atoms with Crippen molar-refractivity contribution >= 4 is 5.91 Å². The summed E-state index contributed by atoms with van der Waals surface area (Å²) >= 11 is 0. The van der Waals surface area contributed by atoms with Crippen LogP contribution in [-0.2, 0) is 9.53 Å². The second-order valence-corrected chi connectivity index (χ2v) is 7.10. The Morgan fingerprint density at radius 1 is 1.15 bits per heavy atom. The van der Waals surface area contributed by atoms with Crippen LogP contribution in [0.4, 0.5) is 0 Å². The summed E-state index contributed by atoms with van der Waals surface area (Å²) in [4.78, 5) is 14.5. The van der Waals surface area contributed by atoms with Crippen molar-refractivity contribution in [1.82, 2.24) is 4.90 Å². The van der Waals surface area contributed by atoms with Crippen LogP contribution >= 0.6 is 0 Å². The van der Waals surface area contributed by atoms with E-state index in [9.17, 15) is 9.90 Å². The van der Waals surface area contributed by atoms with Crippen LogP contribution in [0.5, 0.6) is 0 Å². The predicted molar refractivity (Wildman–Crippen MR) is 73.9 cm³/mol. The Bertz CT molecular complexity index is 405. The fourth-order valence-corrected chi connectivity index (χ4v) is 5.18. The van der Waals surface area contributed by atoms with Gasteiger partial charge in [-0.2, -0.15) is 0 Å². The number of β-lactam (4-membered cyclic amide) rings is 1. The normalized spacial score (nSPS) is 42.9. The highest BCUT2D eigenvalue weighted by atomic mass is 16.5. The van der Waals surface area contributed by atoms with Gasteiger partial charge >= 0.3 is 0 Å². The van der Waals surface area contributed by atoms with Gasteiger partial charge in [-0.3, -0.25) is 4.79 Å². The van der Waals surface area contributed by atoms with Crippen LogP contribution in [0.1, 0.15) is 57.8 Å². The van der Waals surface area contributed by atoms with Gasteiger partial charge in [0.25, 0.3) is 0 Å². The molecule has 4 heteroatoms. The minimum absolute atomic E-state index is 0.0132. The second-order valence-electron chi connectivity index (χ2n) is 7.10. The molecule has 4 rings (SSSR count). The van der Waals surface area contributed by atoms with Gasteiger partial charge < -0.3 is 14.7 Å². The van der Waals surface area contributed by atoms with Crippen molar-refractivity contribution in [3.8, 4) is 0 Å². The smallest absolute Gasteiger partial charge is 0.232 e. The standard InChI is InChI=1S/C16H25NO3/c18-10-12-14-11-6-2-3-7-13(11)20-16(17(14)15(12)19)8-4-1-5-9-16/h11-14,18H,1-10H2/t11-,12+,13+,14+/m0/s1. The molecule has 2 saturated carbocycles. The van der Waals surface area contributed by atoms with Crippen molar-refractivity contribution in [1.29, 1.82) is 0 Å². The molecule has 0 unspecified atom stereocenters. The summed E-state index contributed by atoms with van der Waals surface area (Å²) in [7, 11) is 0. The van der Waals surface area contributed by atoms with E-state index in [1.807, 2.05) is 0 Å². The number of nitrogens with zero attached hydrogens (tertiary/aromatic N) is 1. The zero-order valence-corrected chi connectivity index (χ0v) is 12.1. The Kier molecular flexibility index (Phi) is 3.08. The number of amides is 1. The lowest BCUT2D eigenvalue weighted by molar-refractivity contribution is -0.303. The summed E-state index contributed by atoms with van der Waals surface area (Å²) in [5.41, 5.74) is -0.315. The summed E-state index contributed by atoms with van der Waals surface area (Å²) in [6.45, 7) is 0.0132. The first kappa shape index (κ1) is 13.1. The van der Waals surface area contributed by atoms with E-state index in [4.69, 9.17) is 4.74 Å². The minimum atomic E-state index is -0.315. The van der Waals surface area contributed by atoms with Crippen LogP contribution in [0, 0.1) is 11.8 Å². The molecule has 2 aliphatic carbocycles. The van der Waals surface area contributed by atoms with Crippen molar-refractivity contribution in [2.45, 2.75) is 75.7 Å². The van der Waals surface area contributed by atoms with Crippen molar-refractivity contribution in [2.24, 2.45) is 11.8 Å². The van der Waals surface area contributed by atoms with Gasteiger partial charge in [0.1, 0.15) is 5.72 Å². The molecule has 1 spiro atoms. The molecule has 4 fully saturated rings. The molecule has 1 N–H and O–H groups in total. The molecule has 2 heterocycles. The van der Waals surface area contributed by atoms with Crippen molar-refractivity contribution in [3.63, 3.8) is 0 Å². The number of fused-ring (bicyclic) bond motifs is 4. The third kappa shape index (κ3) is 1.64. The number of hydrogen-bond acceptors (Lipinski definition) is 3. The molecule has 4 nitrogen and oxygen atoms in total. The first-order valence-corrected chi connectivity index (χ1v) is 8.39. The molecule has 20 heavy (non-hydrogen) atoms. The number of carbonyl (C=O) groups excluding carboxylic acids is 1. The van der Waals surface area contributed by atoms with E-state index < -0.39 is 0 Å². The predicted octanol–water partition coefficient (Wildman–Crippen LogP) is 2.06. The van der Waals surface area contributed by atoms with E-state index in [0.29, 0.717) is 12.0 Å². The average Bonchev–Trinajstić information content (AvgIpc) is 2.47. The number of hydrogen-bond donors (Lipinski definition) is 1. The van der Waals surface area contributed by atoms with Crippen LogP contribution < -0.4 is 0 Å². The topological polar surface area (TPSA) is 49.8 Å². The van der Waals surface area contributed by atoms with E-state index in [0.717, 1.165) is 38.5 Å². The summed E-state index contributed by atoms with van der Waals surface area (Å²) in [5.74, 6) is 0.456. The van der Waals surface area contributed by atoms with E-state index in [2.05, 4.69) is 4.90 Å². The first-order valence-electron chi connectivity index (χ1n) is 8.39. The van der Waals surface area contributed by atoms with Crippen LogP contribution in [0.3, 0.4) is 0 Å². The number of ether oxygens (including phenoxy) is 1. The van der Waals surface area contributed by atoms with Crippen LogP contribution in [-0.4, -0.2) is 40.4 Å². The quantitative estimate of drug-likeness (QED) is 0.747. The molecular formula is C16H25NO3. The molecule has 0 bridgehead atoms. The van der Waals surface area contributed by atoms with Gasteiger partial charge in [0.05, 0.1) is 24.7 Å². The molecule has 1 amide bonds. The zero-order chi connectivity index (χ0) is 13.7. The third-order valence-corrected chi connectivity index (χ3v) is 6.10. The van der Waals surface area contributed by atoms with Crippen molar-refractivity contribution in [2.75, 3.05) is 6.61 Å². The molecule has 2 aliphatic heterocycles. The third-order valence-electron chi connectivity index (χ3n) is 6.10. The SMILES string of the molecule is O=C1[C@H](CO)[C@H]2[C@H]3CCCC[C@H]3OC3(CCCCC3)N12. The van der Waals surface area contributed by atoms with Crippen LogP contribution in [0.2, 0.25) is 0 Å². The van der Waals surface area contributed by atoms with Gasteiger partial charge in [-0.25, -0.2) is 0 Å². The highest BCUT2D eigenvalue weighted by molar-refractivity contribution is 5.87. The zero-order valence-electron chi connectivity index (χ0n) is 12.1. The molecule has 0 radical (unpaired) electrons. The highest BCUT2D eigenvalue weighted by Crippen LogP contribution is 2.53. The summed E-state index contributed by atoms with van der Waals surface area (Å²) in [5, 5.41) is 9.58. The van der Waals surface area contributed by atoms with Crippen molar-refractivity contribution in [3.05, 3.63) is 0 Å². The summed E-state index contributed by atoms with van der Waals surface area (Å²) in [6, 6.07) is 0.254. The monoisotopic (exact) mass is 279 g/mol. The largest absolute Gasteiger partial charge is 0.395 e. The summed E-state index contributed by atoms with van der Waals surface area (Å²) in [6.07, 6.45) is 10.7. The molecule has 0 aromatic rings. The van der Waals surface area contributed by atoms with E-state index in [1.54, 1.807) is 0 Å². The lowest BCUT2D eigenvalue weighted by Crippen LogP contribution is -2.78. The lowest BCUT2D eigenvalue weighted by Gasteiger charge is -2.65. The van der Waals surface area contributed by atoms with Gasteiger partial charge in [0, 0.05) is 5.92 Å². The molecule has 4 aliphatic rings. The maximum atomic E-state index is 12.5. The molecule has 0 aromatic heterocycles. The van der Waals surface area contributed by atoms with E-state index >= 15 is 0 Å². The Hall–Kier alpha value is -0.610. The number of aliphatic hydroxyl groups excluding tert-OH is 1. The number of rotatable bonds is 1. The maximum absolute atomic E-state index is 12.5. The highest BCUT2D eigenvalue weighted by Gasteiger charge is 2.64. The molecule has 0 aromatic carbocycles. The van der Waals surface area contributed by atoms with Gasteiger partial charge in [-0.05, 0) is 38.5 Å². The first-order chi connectivity index (χ1) is 9.77. The minimum Gasteiger partial charge on any atom is -0.395 e. The van der Waals surface area contributed by atoms with Crippen molar-refractivity contribution < 1.29 is 14.6 Å². The Morgan fingerprint density at radius 3 is 2.65 bits per heavy atom. The van der Waals surface area contributed by atoms with Gasteiger partial charge in [-0.15, -0.1) is 0 Å². The second kappa shape index (κ2) is 4.70. The lowest BCUT2D eigenvalue weighted by atomic mass is 9.67. The van der Waals surface area contributed by atoms with Gasteiger partial charge in [-0.1, -0.05) is 19.3 Å². The average molecular weight is 279 g/mol. The Labute approximate surface area is 120 Å². The molecular weight excluding hydrogens is 254 g/mol. The molecule has 112 valence electrons. The molecule has 4 atom stereocenters. The Balaban J connectivity index is 1.67. The van der Waals surface area contributed by atoms with Gasteiger partial charge in [0.2, 0.25) is 5.91 Å². The maximum Gasteiger partial charge on any atom is 0.232 e. The fraction of sp³-hybridized carbons (Fsp3) is 0.938. The van der Waals surface area contributed by atoms with Gasteiger partial charge in [0.15, 0.2) is 0 Å². The van der Waals surface area contributed by atoms with E-state index in [1.165, 1.54) is 19.3 Å². The summed E-state index contributed by atoms with van der Waals surface area (Å²) < 4.78 is 6.54.